The van der Waals surface area contributed by atoms with Crippen LogP contribution in [-0.2, 0) is 9.53 Å². The Morgan fingerprint density at radius 3 is 3.06 bits per heavy atom. The minimum absolute atomic E-state index is 0.170. The van der Waals surface area contributed by atoms with Crippen molar-refractivity contribution < 1.29 is 9.53 Å². The van der Waals surface area contributed by atoms with E-state index in [9.17, 15) is 4.79 Å². The van der Waals surface area contributed by atoms with E-state index in [-0.39, 0.29) is 5.97 Å². The van der Waals surface area contributed by atoms with Crippen LogP contribution in [0.15, 0.2) is 24.3 Å². The van der Waals surface area contributed by atoms with Crippen LogP contribution in [0.5, 0.6) is 0 Å². The Bertz CT molecular complexity index is 477. The first-order valence-corrected chi connectivity index (χ1v) is 6.27. The number of esters is 1. The molecule has 1 aromatic heterocycles. The number of thiazole rings is 1. The summed E-state index contributed by atoms with van der Waals surface area (Å²) >= 11 is 1.62. The second-order valence-corrected chi connectivity index (χ2v) is 4.62. The van der Waals surface area contributed by atoms with Crippen molar-refractivity contribution in [1.29, 1.82) is 0 Å². The highest BCUT2D eigenvalue weighted by molar-refractivity contribution is 7.22. The summed E-state index contributed by atoms with van der Waals surface area (Å²) < 4.78 is 5.74. The normalized spacial score (nSPS) is 10.4. The number of rotatable bonds is 5. The standard InChI is InChI=1S/C12H14N2O2S/c1-16-11(15)7-4-8-13-12-14-9-5-2-3-6-10(9)17-12/h2-3,5-6H,4,7-8H2,1H3,(H,13,14). The van der Waals surface area contributed by atoms with Gasteiger partial charge in [-0.05, 0) is 18.6 Å². The van der Waals surface area contributed by atoms with Crippen LogP contribution in [0, 0.1) is 0 Å². The molecule has 0 spiro atoms. The van der Waals surface area contributed by atoms with Gasteiger partial charge >= 0.3 is 5.97 Å². The van der Waals surface area contributed by atoms with Gasteiger partial charge in [0.2, 0.25) is 0 Å². The molecule has 1 heterocycles. The molecule has 0 saturated carbocycles. The summed E-state index contributed by atoms with van der Waals surface area (Å²) in [5, 5.41) is 4.11. The van der Waals surface area contributed by atoms with Gasteiger partial charge in [-0.15, -0.1) is 0 Å². The largest absolute Gasteiger partial charge is 0.469 e. The molecular weight excluding hydrogens is 236 g/mol. The number of nitrogens with zero attached hydrogens (tertiary/aromatic N) is 1. The quantitative estimate of drug-likeness (QED) is 0.654. The molecule has 17 heavy (non-hydrogen) atoms. The average molecular weight is 250 g/mol. The third-order valence-electron chi connectivity index (χ3n) is 2.36. The molecule has 5 heteroatoms. The van der Waals surface area contributed by atoms with Gasteiger partial charge in [-0.1, -0.05) is 23.5 Å². The predicted octanol–water partition coefficient (Wildman–Crippen LogP) is 2.66. The van der Waals surface area contributed by atoms with Crippen molar-refractivity contribution in [1.82, 2.24) is 4.98 Å². The Labute approximate surface area is 104 Å². The number of benzene rings is 1. The Kier molecular flexibility index (Phi) is 3.93. The van der Waals surface area contributed by atoms with Crippen LogP contribution in [0.1, 0.15) is 12.8 Å². The van der Waals surface area contributed by atoms with Crippen molar-refractivity contribution in [3.8, 4) is 0 Å². The highest BCUT2D eigenvalue weighted by atomic mass is 32.1. The SMILES string of the molecule is COC(=O)CCCNc1nc2ccccc2s1. The van der Waals surface area contributed by atoms with E-state index < -0.39 is 0 Å². The number of methoxy groups -OCH3 is 1. The van der Waals surface area contributed by atoms with E-state index in [4.69, 9.17) is 0 Å². The number of nitrogens with one attached hydrogen (secondary N) is 1. The lowest BCUT2D eigenvalue weighted by atomic mass is 10.3. The highest BCUT2D eigenvalue weighted by Crippen LogP contribution is 2.25. The van der Waals surface area contributed by atoms with E-state index in [1.54, 1.807) is 11.3 Å². The first-order chi connectivity index (χ1) is 8.29. The molecule has 0 bridgehead atoms. The van der Waals surface area contributed by atoms with Gasteiger partial charge < -0.3 is 10.1 Å². The Morgan fingerprint density at radius 1 is 1.47 bits per heavy atom. The lowest BCUT2D eigenvalue weighted by molar-refractivity contribution is -0.140. The van der Waals surface area contributed by atoms with Crippen LogP contribution in [-0.4, -0.2) is 24.6 Å². The summed E-state index contributed by atoms with van der Waals surface area (Å²) in [6, 6.07) is 8.02. The van der Waals surface area contributed by atoms with E-state index >= 15 is 0 Å². The molecule has 0 amide bonds. The Balaban J connectivity index is 1.85. The van der Waals surface area contributed by atoms with E-state index in [2.05, 4.69) is 15.0 Å². The maximum absolute atomic E-state index is 10.9. The van der Waals surface area contributed by atoms with Gasteiger partial charge in [-0.3, -0.25) is 4.79 Å². The van der Waals surface area contributed by atoms with Crippen molar-refractivity contribution in [2.75, 3.05) is 19.0 Å². The lowest BCUT2D eigenvalue weighted by Crippen LogP contribution is -2.06. The fraction of sp³-hybridized carbons (Fsp3) is 0.333. The summed E-state index contributed by atoms with van der Waals surface area (Å²) in [7, 11) is 1.41. The number of anilines is 1. The maximum atomic E-state index is 10.9. The van der Waals surface area contributed by atoms with Crippen LogP contribution in [0.3, 0.4) is 0 Å². The topological polar surface area (TPSA) is 51.2 Å². The zero-order chi connectivity index (χ0) is 12.1. The van der Waals surface area contributed by atoms with Crippen molar-refractivity contribution >= 4 is 32.7 Å². The second kappa shape index (κ2) is 5.63. The summed E-state index contributed by atoms with van der Waals surface area (Å²) in [5.41, 5.74) is 1.01. The number of ether oxygens (including phenoxy) is 1. The second-order valence-electron chi connectivity index (χ2n) is 3.59. The Hall–Kier alpha value is -1.62. The number of hydrogen-bond acceptors (Lipinski definition) is 5. The molecule has 1 aromatic carbocycles. The molecule has 0 unspecified atom stereocenters. The van der Waals surface area contributed by atoms with Gasteiger partial charge in [0.1, 0.15) is 0 Å². The van der Waals surface area contributed by atoms with Crippen molar-refractivity contribution in [3.05, 3.63) is 24.3 Å². The Morgan fingerprint density at radius 2 is 2.29 bits per heavy atom. The van der Waals surface area contributed by atoms with Crippen LogP contribution >= 0.6 is 11.3 Å². The highest BCUT2D eigenvalue weighted by Gasteiger charge is 2.03. The number of carbonyl (C=O) groups excluding carboxylic acids is 1. The molecule has 0 radical (unpaired) electrons. The van der Waals surface area contributed by atoms with Gasteiger partial charge in [-0.2, -0.15) is 0 Å². The minimum Gasteiger partial charge on any atom is -0.469 e. The number of fused-ring (bicyclic) bond motifs is 1. The summed E-state index contributed by atoms with van der Waals surface area (Å²) in [6.45, 7) is 0.731. The maximum Gasteiger partial charge on any atom is 0.305 e. The van der Waals surface area contributed by atoms with Crippen LogP contribution in [0.25, 0.3) is 10.2 Å². The number of hydrogen-bond donors (Lipinski definition) is 1. The van der Waals surface area contributed by atoms with Crippen molar-refractivity contribution in [3.63, 3.8) is 0 Å². The predicted molar refractivity (Wildman–Crippen MR) is 69.4 cm³/mol. The van der Waals surface area contributed by atoms with Crippen molar-refractivity contribution in [2.24, 2.45) is 0 Å². The lowest BCUT2D eigenvalue weighted by Gasteiger charge is -2.01. The monoisotopic (exact) mass is 250 g/mol. The van der Waals surface area contributed by atoms with Crippen LogP contribution < -0.4 is 5.32 Å². The van der Waals surface area contributed by atoms with Gasteiger partial charge in [0.05, 0.1) is 17.3 Å². The molecule has 0 saturated heterocycles. The number of aromatic nitrogens is 1. The molecule has 2 rings (SSSR count). The van der Waals surface area contributed by atoms with E-state index in [1.165, 1.54) is 11.8 Å². The molecule has 2 aromatic rings. The van der Waals surface area contributed by atoms with E-state index in [0.717, 1.165) is 23.6 Å². The fourth-order valence-corrected chi connectivity index (χ4v) is 2.37. The van der Waals surface area contributed by atoms with Crippen molar-refractivity contribution in [2.45, 2.75) is 12.8 Å². The number of para-hydroxylation sites is 1. The molecule has 0 fully saturated rings. The minimum atomic E-state index is -0.170. The molecule has 90 valence electrons. The van der Waals surface area contributed by atoms with Gasteiger partial charge in [-0.25, -0.2) is 4.98 Å². The molecule has 1 N–H and O–H groups in total. The molecule has 0 aliphatic carbocycles. The van der Waals surface area contributed by atoms with E-state index in [0.29, 0.717) is 6.42 Å². The molecular formula is C12H14N2O2S. The zero-order valence-corrected chi connectivity index (χ0v) is 10.4. The van der Waals surface area contributed by atoms with Crippen LogP contribution in [0.2, 0.25) is 0 Å². The average Bonchev–Trinajstić information content (AvgIpc) is 2.76. The first-order valence-electron chi connectivity index (χ1n) is 5.46. The van der Waals surface area contributed by atoms with Gasteiger partial charge in [0.15, 0.2) is 5.13 Å². The summed E-state index contributed by atoms with van der Waals surface area (Å²) in [4.78, 5) is 15.3. The summed E-state index contributed by atoms with van der Waals surface area (Å²) in [5.74, 6) is -0.170. The van der Waals surface area contributed by atoms with E-state index in [1.807, 2.05) is 24.3 Å². The third-order valence-corrected chi connectivity index (χ3v) is 3.35. The molecule has 0 aliphatic heterocycles. The smallest absolute Gasteiger partial charge is 0.305 e. The third kappa shape index (κ3) is 3.17. The molecule has 4 nitrogen and oxygen atoms in total. The first kappa shape index (κ1) is 11.9. The summed E-state index contributed by atoms with van der Waals surface area (Å²) in [6.07, 6.45) is 1.19. The molecule has 0 aliphatic rings. The number of carbonyl (C=O) groups is 1. The zero-order valence-electron chi connectivity index (χ0n) is 9.60. The fourth-order valence-electron chi connectivity index (χ4n) is 1.48. The molecule has 0 atom stereocenters. The van der Waals surface area contributed by atoms with Crippen LogP contribution in [0.4, 0.5) is 5.13 Å². The van der Waals surface area contributed by atoms with Gasteiger partial charge in [0.25, 0.3) is 0 Å². The van der Waals surface area contributed by atoms with Gasteiger partial charge in [0, 0.05) is 13.0 Å².